The van der Waals surface area contributed by atoms with Crippen molar-refractivity contribution in [3.8, 4) is 28.6 Å². The van der Waals surface area contributed by atoms with Gasteiger partial charge in [0.2, 0.25) is 15.8 Å². The van der Waals surface area contributed by atoms with Crippen molar-refractivity contribution in [3.05, 3.63) is 105 Å². The number of rotatable bonds is 19. The number of nitrogens with one attached hydrogen (secondary N) is 1. The van der Waals surface area contributed by atoms with Crippen LogP contribution in [0.25, 0.3) is 11.4 Å². The number of ether oxygens (including phenoxy) is 4. The molecule has 5 rings (SSSR count). The Morgan fingerprint density at radius 3 is 1.79 bits per heavy atom. The van der Waals surface area contributed by atoms with Crippen LogP contribution in [0.1, 0.15) is 58.2 Å². The molecule has 1 atom stereocenters. The van der Waals surface area contributed by atoms with Gasteiger partial charge in [-0.1, -0.05) is 57.2 Å². The average molecular weight is 1030 g/mol. The van der Waals surface area contributed by atoms with Gasteiger partial charge in [-0.15, -0.1) is 22.0 Å². The first-order valence-electron chi connectivity index (χ1n) is 20.4. The van der Waals surface area contributed by atoms with Crippen molar-refractivity contribution < 1.29 is 36.6 Å². The van der Waals surface area contributed by atoms with Crippen molar-refractivity contribution in [2.24, 2.45) is 0 Å². The second-order valence-corrected chi connectivity index (χ2v) is 26.3. The summed E-state index contributed by atoms with van der Waals surface area (Å²) in [6, 6.07) is 25.9. The van der Waals surface area contributed by atoms with E-state index in [-0.39, 0.29) is 35.4 Å². The van der Waals surface area contributed by atoms with Crippen molar-refractivity contribution in [1.82, 2.24) is 29.8 Å². The average Bonchev–Trinajstić information content (AvgIpc) is 3.69. The van der Waals surface area contributed by atoms with Gasteiger partial charge in [-0.3, -0.25) is 0 Å². The van der Waals surface area contributed by atoms with E-state index in [0.717, 1.165) is 22.4 Å². The molecule has 0 aliphatic rings. The monoisotopic (exact) mass is 1030 g/mol. The minimum atomic E-state index is -4.38. The summed E-state index contributed by atoms with van der Waals surface area (Å²) in [6.45, 7) is 16.7. The van der Waals surface area contributed by atoms with Crippen LogP contribution in [0.15, 0.2) is 94.7 Å². The molecule has 1 heterocycles. The number of thioether (sulfide) groups is 1. The summed E-state index contributed by atoms with van der Waals surface area (Å²) in [5.41, 5.74) is 2.06. The van der Waals surface area contributed by atoms with E-state index in [1.54, 1.807) is 21.3 Å². The third kappa shape index (κ3) is 13.6. The number of carbonyl (C=O) groups is 1. The zero-order valence-electron chi connectivity index (χ0n) is 37.9. The van der Waals surface area contributed by atoms with E-state index in [0.29, 0.717) is 37.8 Å². The summed E-state index contributed by atoms with van der Waals surface area (Å²) in [4.78, 5) is 14.9. The predicted octanol–water partition coefficient (Wildman–Crippen LogP) is 9.42. The predicted molar refractivity (Wildman–Crippen MR) is 258 cm³/mol. The van der Waals surface area contributed by atoms with E-state index >= 15 is 8.42 Å². The van der Waals surface area contributed by atoms with Gasteiger partial charge in [0.1, 0.15) is 27.7 Å². The van der Waals surface area contributed by atoms with Crippen LogP contribution in [0.2, 0.25) is 18.1 Å². The Kier molecular flexibility index (Phi) is 16.7. The van der Waals surface area contributed by atoms with Gasteiger partial charge in [0.05, 0.1) is 39.5 Å². The number of carbonyl (C=O) groups excluding carboxylic acids is 1. The molecule has 0 aliphatic carbocycles. The summed E-state index contributed by atoms with van der Waals surface area (Å²) >= 11 is 3.48. The van der Waals surface area contributed by atoms with Crippen molar-refractivity contribution >= 4 is 58.8 Å². The first kappa shape index (κ1) is 49.8. The zero-order chi connectivity index (χ0) is 46.2. The number of halogens is 1. The Balaban J connectivity index is 1.63. The highest BCUT2D eigenvalue weighted by Gasteiger charge is 2.40. The molecule has 63 heavy (non-hydrogen) atoms. The molecule has 0 radical (unpaired) electrons. The van der Waals surface area contributed by atoms with E-state index in [2.05, 4.69) is 72.1 Å². The maximum Gasteiger partial charge on any atom is 0.407 e. The van der Waals surface area contributed by atoms with Gasteiger partial charge >= 0.3 is 6.09 Å². The summed E-state index contributed by atoms with van der Waals surface area (Å²) < 4.78 is 62.2. The van der Waals surface area contributed by atoms with Gasteiger partial charge in [-0.05, 0) is 132 Å². The molecule has 340 valence electrons. The minimum absolute atomic E-state index is 0.0385. The molecule has 14 nitrogen and oxygen atoms in total. The van der Waals surface area contributed by atoms with Gasteiger partial charge in [-0.2, -0.15) is 9.10 Å². The Labute approximate surface area is 391 Å². The summed E-state index contributed by atoms with van der Waals surface area (Å²) in [7, 11) is -1.98. The Morgan fingerprint density at radius 2 is 1.32 bits per heavy atom. The molecule has 0 saturated heterocycles. The number of nitrogens with zero attached hydrogens (tertiary/aromatic N) is 5. The van der Waals surface area contributed by atoms with Crippen molar-refractivity contribution in [2.45, 2.75) is 101 Å². The van der Waals surface area contributed by atoms with Gasteiger partial charge in [-0.25, -0.2) is 13.2 Å². The first-order valence-corrected chi connectivity index (χ1v) is 26.8. The lowest BCUT2D eigenvalue weighted by Crippen LogP contribution is -2.48. The summed E-state index contributed by atoms with van der Waals surface area (Å²) in [6.07, 6.45) is -1.06. The highest BCUT2D eigenvalue weighted by molar-refractivity contribution is 14.1. The molecule has 0 aliphatic heterocycles. The molecular weight excluding hydrogens is 972 g/mol. The van der Waals surface area contributed by atoms with E-state index in [1.807, 2.05) is 106 Å². The fraction of sp³-hybridized carbons (Fsp3) is 0.422. The Morgan fingerprint density at radius 1 is 0.810 bits per heavy atom. The van der Waals surface area contributed by atoms with Crippen molar-refractivity contribution in [2.75, 3.05) is 33.6 Å². The van der Waals surface area contributed by atoms with Crippen LogP contribution in [-0.2, 0) is 38.8 Å². The Bertz CT molecular complexity index is 2360. The third-order valence-corrected chi connectivity index (χ3v) is 19.1. The standard InChI is InChI=1S/C45H59IN6O8S2Si/c1-44(2,3)59-43(53)47-26-37(60-63(10,11)45(4,5)6)30-61-39-25-24-38(46)40(42-48-50-52(49-42)29-33-16-22-36(58-9)23-17-33)41(39)62(54,55)51(27-31-12-18-34(56-7)19-13-31)28-32-14-20-35(57-8)21-15-32/h12-25,37H,26-30H2,1-11H3,(H,47,53). The normalized spacial score (nSPS) is 12.8. The smallest absolute Gasteiger partial charge is 0.407 e. The highest BCUT2D eigenvalue weighted by atomic mass is 127. The van der Waals surface area contributed by atoms with Gasteiger partial charge in [0.15, 0.2) is 8.32 Å². The SMILES string of the molecule is COc1ccc(CN(Cc2ccc(OC)cc2)S(=O)(=O)c2c(SCC(CNC(=O)OC(C)(C)C)O[Si](C)(C)C(C)(C)C)ccc(I)c2-c2nnn(Cc3ccc(OC)cc3)n2)cc1. The van der Waals surface area contributed by atoms with Crippen LogP contribution in [-0.4, -0.2) is 92.7 Å². The number of alkyl carbamates (subject to hydrolysis) is 1. The van der Waals surface area contributed by atoms with E-state index in [9.17, 15) is 4.79 Å². The summed E-state index contributed by atoms with van der Waals surface area (Å²) in [5, 5.41) is 16.4. The number of hydrogen-bond donors (Lipinski definition) is 1. The molecule has 18 heteroatoms. The number of sulfonamides is 1. The molecule has 1 N–H and O–H groups in total. The number of amides is 1. The fourth-order valence-corrected chi connectivity index (χ4v) is 11.5. The molecule has 4 aromatic carbocycles. The number of tetrazole rings is 1. The lowest BCUT2D eigenvalue weighted by atomic mass is 10.2. The van der Waals surface area contributed by atoms with Gasteiger partial charge in [0, 0.05) is 33.9 Å². The molecule has 5 aromatic rings. The lowest BCUT2D eigenvalue weighted by Gasteiger charge is -2.39. The maximum absolute atomic E-state index is 15.7. The molecule has 0 bridgehead atoms. The second kappa shape index (κ2) is 21.2. The van der Waals surface area contributed by atoms with E-state index in [1.165, 1.54) is 20.9 Å². The minimum Gasteiger partial charge on any atom is -0.497 e. The quantitative estimate of drug-likeness (QED) is 0.0476. The molecule has 1 amide bonds. The topological polar surface area (TPSA) is 156 Å². The molecule has 0 saturated carbocycles. The van der Waals surface area contributed by atoms with Gasteiger partial charge < -0.3 is 28.7 Å². The maximum atomic E-state index is 15.7. The largest absolute Gasteiger partial charge is 0.497 e. The molecular formula is C45H59IN6O8S2Si. The molecule has 1 aromatic heterocycles. The fourth-order valence-electron chi connectivity index (χ4n) is 6.07. The molecule has 0 spiro atoms. The zero-order valence-corrected chi connectivity index (χ0v) is 42.7. The van der Waals surface area contributed by atoms with Crippen LogP contribution in [0, 0.1) is 3.57 Å². The van der Waals surface area contributed by atoms with Crippen molar-refractivity contribution in [3.63, 3.8) is 0 Å². The van der Waals surface area contributed by atoms with Crippen LogP contribution < -0.4 is 19.5 Å². The Hall–Kier alpha value is -4.21. The number of aromatic nitrogens is 4. The van der Waals surface area contributed by atoms with Crippen molar-refractivity contribution in [1.29, 1.82) is 0 Å². The number of hydrogen-bond acceptors (Lipinski definition) is 12. The highest BCUT2D eigenvalue weighted by Crippen LogP contribution is 2.42. The van der Waals surface area contributed by atoms with Crippen LogP contribution >= 0.6 is 34.4 Å². The first-order chi connectivity index (χ1) is 29.6. The van der Waals surface area contributed by atoms with Crippen LogP contribution in [0.5, 0.6) is 17.2 Å². The summed E-state index contributed by atoms with van der Waals surface area (Å²) in [5.74, 6) is 2.49. The number of benzene rings is 4. The molecule has 0 fully saturated rings. The van der Waals surface area contributed by atoms with E-state index in [4.69, 9.17) is 28.5 Å². The van der Waals surface area contributed by atoms with Crippen LogP contribution in [0.3, 0.4) is 0 Å². The third-order valence-electron chi connectivity index (χ3n) is 10.4. The number of methoxy groups -OCH3 is 3. The lowest BCUT2D eigenvalue weighted by molar-refractivity contribution is 0.0502. The van der Waals surface area contributed by atoms with Crippen LogP contribution in [0.4, 0.5) is 4.79 Å². The molecule has 1 unspecified atom stereocenters. The second-order valence-electron chi connectivity index (χ2n) is 17.4. The van der Waals surface area contributed by atoms with E-state index < -0.39 is 36.1 Å². The van der Waals surface area contributed by atoms with Gasteiger partial charge in [0.25, 0.3) is 0 Å².